The Morgan fingerprint density at radius 2 is 2.00 bits per heavy atom. The van der Waals surface area contributed by atoms with E-state index in [1.807, 2.05) is 0 Å². The molecule has 0 spiro atoms. The predicted octanol–water partition coefficient (Wildman–Crippen LogP) is 2.90. The van der Waals surface area contributed by atoms with Crippen molar-refractivity contribution >= 4 is 29.2 Å². The first-order valence-corrected chi connectivity index (χ1v) is 6.96. The van der Waals surface area contributed by atoms with Crippen molar-refractivity contribution in [3.05, 3.63) is 34.6 Å². The Labute approximate surface area is 131 Å². The minimum absolute atomic E-state index is 0.0617. The smallest absolute Gasteiger partial charge is 0.347 e. The standard InChI is InChI=1S/C13H13Cl2N3O3/c1-3-20-12(19)8(2)21-13-16-7-18(17-13)11-5-9(14)4-10(15)6-11/h4-8H,3H2,1-2H3. The molecule has 112 valence electrons. The number of benzene rings is 1. The molecule has 0 amide bonds. The largest absolute Gasteiger partial charge is 0.463 e. The number of hydrogen-bond acceptors (Lipinski definition) is 5. The lowest BCUT2D eigenvalue weighted by Crippen LogP contribution is -2.26. The van der Waals surface area contributed by atoms with Crippen LogP contribution >= 0.6 is 23.2 Å². The summed E-state index contributed by atoms with van der Waals surface area (Å²) in [4.78, 5) is 15.4. The van der Waals surface area contributed by atoms with E-state index in [-0.39, 0.29) is 12.6 Å². The van der Waals surface area contributed by atoms with Crippen LogP contribution in [-0.4, -0.2) is 33.4 Å². The van der Waals surface area contributed by atoms with Crippen molar-refractivity contribution in [1.82, 2.24) is 14.8 Å². The molecule has 0 bridgehead atoms. The fourth-order valence-corrected chi connectivity index (χ4v) is 2.08. The van der Waals surface area contributed by atoms with Crippen LogP contribution in [0.3, 0.4) is 0 Å². The highest BCUT2D eigenvalue weighted by molar-refractivity contribution is 6.34. The van der Waals surface area contributed by atoms with E-state index < -0.39 is 12.1 Å². The number of aromatic nitrogens is 3. The van der Waals surface area contributed by atoms with Gasteiger partial charge in [-0.15, -0.1) is 5.10 Å². The van der Waals surface area contributed by atoms with Crippen LogP contribution in [0.1, 0.15) is 13.8 Å². The van der Waals surface area contributed by atoms with Gasteiger partial charge in [0.05, 0.1) is 12.3 Å². The first-order valence-electron chi connectivity index (χ1n) is 6.21. The van der Waals surface area contributed by atoms with Gasteiger partial charge in [0, 0.05) is 10.0 Å². The third-order valence-corrected chi connectivity index (χ3v) is 2.92. The van der Waals surface area contributed by atoms with Gasteiger partial charge in [0.15, 0.2) is 6.10 Å². The monoisotopic (exact) mass is 329 g/mol. The molecule has 21 heavy (non-hydrogen) atoms. The molecule has 1 heterocycles. The highest BCUT2D eigenvalue weighted by Crippen LogP contribution is 2.21. The van der Waals surface area contributed by atoms with Crippen LogP contribution in [0.15, 0.2) is 24.5 Å². The van der Waals surface area contributed by atoms with Crippen molar-refractivity contribution in [2.45, 2.75) is 20.0 Å². The summed E-state index contributed by atoms with van der Waals surface area (Å²) in [6, 6.07) is 5.04. The number of nitrogens with zero attached hydrogens (tertiary/aromatic N) is 3. The molecule has 2 rings (SSSR count). The molecule has 0 aliphatic rings. The van der Waals surface area contributed by atoms with Crippen molar-refractivity contribution in [2.75, 3.05) is 6.61 Å². The molecular formula is C13H13Cl2N3O3. The Hall–Kier alpha value is -1.79. The second kappa shape index (κ2) is 6.78. The number of esters is 1. The SMILES string of the molecule is CCOC(=O)C(C)Oc1ncn(-c2cc(Cl)cc(Cl)c2)n1. The molecule has 1 unspecified atom stereocenters. The van der Waals surface area contributed by atoms with E-state index in [1.54, 1.807) is 32.0 Å². The summed E-state index contributed by atoms with van der Waals surface area (Å²) < 4.78 is 11.6. The fraction of sp³-hybridized carbons (Fsp3) is 0.308. The molecule has 1 atom stereocenters. The average Bonchev–Trinajstić information content (AvgIpc) is 2.86. The molecule has 0 fully saturated rings. The number of carbonyl (C=O) groups excluding carboxylic acids is 1. The lowest BCUT2D eigenvalue weighted by molar-refractivity contribution is -0.150. The summed E-state index contributed by atoms with van der Waals surface area (Å²) in [7, 11) is 0. The highest BCUT2D eigenvalue weighted by atomic mass is 35.5. The molecule has 0 aliphatic carbocycles. The third-order valence-electron chi connectivity index (χ3n) is 2.48. The summed E-state index contributed by atoms with van der Waals surface area (Å²) in [6.07, 6.45) is 0.651. The maximum Gasteiger partial charge on any atom is 0.347 e. The first-order chi connectivity index (χ1) is 9.99. The highest BCUT2D eigenvalue weighted by Gasteiger charge is 2.18. The number of rotatable bonds is 5. The van der Waals surface area contributed by atoms with Gasteiger partial charge in [0.1, 0.15) is 6.33 Å². The third kappa shape index (κ3) is 4.09. The normalized spacial score (nSPS) is 12.0. The number of ether oxygens (including phenoxy) is 2. The number of halogens is 2. The molecule has 6 nitrogen and oxygen atoms in total. The first kappa shape index (κ1) is 15.6. The summed E-state index contributed by atoms with van der Waals surface area (Å²) in [5, 5.41) is 5.07. The van der Waals surface area contributed by atoms with Crippen molar-refractivity contribution < 1.29 is 14.3 Å². The summed E-state index contributed by atoms with van der Waals surface area (Å²) in [5.74, 6) is -0.473. The summed E-state index contributed by atoms with van der Waals surface area (Å²) >= 11 is 11.9. The van der Waals surface area contributed by atoms with Crippen molar-refractivity contribution in [2.24, 2.45) is 0 Å². The number of carbonyl (C=O) groups is 1. The lowest BCUT2D eigenvalue weighted by Gasteiger charge is -2.09. The van der Waals surface area contributed by atoms with Crippen LogP contribution in [0, 0.1) is 0 Å². The van der Waals surface area contributed by atoms with E-state index in [9.17, 15) is 4.79 Å². The van der Waals surface area contributed by atoms with E-state index in [4.69, 9.17) is 32.7 Å². The van der Waals surface area contributed by atoms with E-state index in [0.717, 1.165) is 0 Å². The molecule has 0 saturated carbocycles. The average molecular weight is 330 g/mol. The van der Waals surface area contributed by atoms with Gasteiger partial charge in [-0.3, -0.25) is 0 Å². The van der Waals surface area contributed by atoms with Gasteiger partial charge in [-0.25, -0.2) is 9.48 Å². The minimum Gasteiger partial charge on any atom is -0.463 e. The van der Waals surface area contributed by atoms with Gasteiger partial charge in [-0.2, -0.15) is 4.98 Å². The van der Waals surface area contributed by atoms with Gasteiger partial charge in [-0.05, 0) is 32.0 Å². The summed E-state index contributed by atoms with van der Waals surface area (Å²) in [5.41, 5.74) is 0.638. The van der Waals surface area contributed by atoms with E-state index in [1.165, 1.54) is 11.0 Å². The molecule has 0 radical (unpaired) electrons. The Kier molecular flexibility index (Phi) is 5.03. The van der Waals surface area contributed by atoms with Crippen LogP contribution in [-0.2, 0) is 9.53 Å². The zero-order valence-corrected chi connectivity index (χ0v) is 12.9. The van der Waals surface area contributed by atoms with Gasteiger partial charge in [0.2, 0.25) is 0 Å². The molecule has 0 N–H and O–H groups in total. The zero-order valence-electron chi connectivity index (χ0n) is 11.4. The molecule has 0 aliphatic heterocycles. The molecular weight excluding hydrogens is 317 g/mol. The Bertz CT molecular complexity index is 625. The van der Waals surface area contributed by atoms with Gasteiger partial charge in [-0.1, -0.05) is 23.2 Å². The Balaban J connectivity index is 2.12. The predicted molar refractivity (Wildman–Crippen MR) is 78.1 cm³/mol. The maximum atomic E-state index is 11.5. The van der Waals surface area contributed by atoms with Crippen molar-refractivity contribution in [1.29, 1.82) is 0 Å². The van der Waals surface area contributed by atoms with Crippen molar-refractivity contribution in [3.8, 4) is 11.7 Å². The molecule has 1 aromatic heterocycles. The van der Waals surface area contributed by atoms with Crippen LogP contribution in [0.2, 0.25) is 10.0 Å². The maximum absolute atomic E-state index is 11.5. The van der Waals surface area contributed by atoms with E-state index >= 15 is 0 Å². The molecule has 0 saturated heterocycles. The molecule has 2 aromatic rings. The van der Waals surface area contributed by atoms with Crippen LogP contribution < -0.4 is 4.74 Å². The molecule has 1 aromatic carbocycles. The minimum atomic E-state index is -0.788. The Morgan fingerprint density at radius 3 is 2.62 bits per heavy atom. The van der Waals surface area contributed by atoms with Gasteiger partial charge >= 0.3 is 12.0 Å². The quantitative estimate of drug-likeness (QED) is 0.789. The van der Waals surface area contributed by atoms with Crippen LogP contribution in [0.5, 0.6) is 6.01 Å². The fourth-order valence-electron chi connectivity index (χ4n) is 1.56. The van der Waals surface area contributed by atoms with Crippen LogP contribution in [0.25, 0.3) is 5.69 Å². The van der Waals surface area contributed by atoms with Crippen LogP contribution in [0.4, 0.5) is 0 Å². The van der Waals surface area contributed by atoms with Crippen molar-refractivity contribution in [3.63, 3.8) is 0 Å². The van der Waals surface area contributed by atoms with Gasteiger partial charge in [0.25, 0.3) is 0 Å². The second-order valence-corrected chi connectivity index (χ2v) is 4.98. The zero-order chi connectivity index (χ0) is 15.4. The Morgan fingerprint density at radius 1 is 1.33 bits per heavy atom. The van der Waals surface area contributed by atoms with Gasteiger partial charge < -0.3 is 9.47 Å². The number of hydrogen-bond donors (Lipinski definition) is 0. The second-order valence-electron chi connectivity index (χ2n) is 4.11. The van der Waals surface area contributed by atoms with E-state index in [0.29, 0.717) is 15.7 Å². The topological polar surface area (TPSA) is 66.2 Å². The molecule has 8 heteroatoms. The van der Waals surface area contributed by atoms with E-state index in [2.05, 4.69) is 10.1 Å². The summed E-state index contributed by atoms with van der Waals surface area (Å²) in [6.45, 7) is 3.57. The lowest BCUT2D eigenvalue weighted by atomic mass is 10.3.